The number of likely N-dealkylation sites (N-methyl/N-ethyl adjacent to an activating group) is 1. The minimum atomic E-state index is -0.278. The van der Waals surface area contributed by atoms with Crippen LogP contribution in [-0.2, 0) is 0 Å². The molecule has 124 valence electrons. The lowest BCUT2D eigenvalue weighted by Crippen LogP contribution is -2.35. The first-order valence-corrected chi connectivity index (χ1v) is 8.59. The van der Waals surface area contributed by atoms with Gasteiger partial charge in [-0.2, -0.15) is 11.3 Å². The summed E-state index contributed by atoms with van der Waals surface area (Å²) in [6, 6.07) is 11.1. The number of rotatable bonds is 5. The van der Waals surface area contributed by atoms with Gasteiger partial charge in [0.15, 0.2) is 0 Å². The highest BCUT2D eigenvalue weighted by Gasteiger charge is 2.17. The molecule has 0 bridgehead atoms. The van der Waals surface area contributed by atoms with Crippen LogP contribution in [0.1, 0.15) is 22.1 Å². The number of H-pyrrole nitrogens is 1. The Bertz CT molecular complexity index is 900. The largest absolute Gasteiger partial charge is 0.349 e. The summed E-state index contributed by atoms with van der Waals surface area (Å²) in [6.45, 7) is 0.470. The highest BCUT2D eigenvalue weighted by Crippen LogP contribution is 2.20. The maximum atomic E-state index is 12.4. The van der Waals surface area contributed by atoms with Gasteiger partial charge in [0.05, 0.1) is 6.04 Å². The van der Waals surface area contributed by atoms with Crippen molar-refractivity contribution in [3.63, 3.8) is 0 Å². The summed E-state index contributed by atoms with van der Waals surface area (Å²) in [5.41, 5.74) is 1.19. The fourth-order valence-electron chi connectivity index (χ4n) is 2.68. The molecule has 0 radical (unpaired) electrons. The molecule has 1 unspecified atom stereocenters. The van der Waals surface area contributed by atoms with Crippen molar-refractivity contribution in [2.75, 3.05) is 20.6 Å². The van der Waals surface area contributed by atoms with Crippen LogP contribution in [0.3, 0.4) is 0 Å². The van der Waals surface area contributed by atoms with Crippen molar-refractivity contribution in [2.24, 2.45) is 0 Å². The van der Waals surface area contributed by atoms with Crippen molar-refractivity contribution >= 4 is 28.0 Å². The first kappa shape index (κ1) is 16.4. The first-order valence-electron chi connectivity index (χ1n) is 7.65. The summed E-state index contributed by atoms with van der Waals surface area (Å²) in [4.78, 5) is 29.3. The Morgan fingerprint density at radius 3 is 2.79 bits per heavy atom. The van der Waals surface area contributed by atoms with Crippen LogP contribution in [0.4, 0.5) is 0 Å². The lowest BCUT2D eigenvalue weighted by Gasteiger charge is -2.24. The Morgan fingerprint density at radius 2 is 2.08 bits per heavy atom. The van der Waals surface area contributed by atoms with Gasteiger partial charge in [-0.1, -0.05) is 18.2 Å². The minimum Gasteiger partial charge on any atom is -0.349 e. The van der Waals surface area contributed by atoms with Gasteiger partial charge in [-0.3, -0.25) is 9.59 Å². The van der Waals surface area contributed by atoms with Crippen LogP contribution in [0.15, 0.2) is 52.0 Å². The van der Waals surface area contributed by atoms with Crippen LogP contribution in [0.2, 0.25) is 0 Å². The number of thiophene rings is 1. The Kier molecular flexibility index (Phi) is 4.78. The lowest BCUT2D eigenvalue weighted by molar-refractivity contribution is 0.0937. The second-order valence-electron chi connectivity index (χ2n) is 5.85. The molecule has 0 spiro atoms. The van der Waals surface area contributed by atoms with E-state index < -0.39 is 0 Å². The number of pyridine rings is 1. The van der Waals surface area contributed by atoms with E-state index in [-0.39, 0.29) is 23.2 Å². The van der Waals surface area contributed by atoms with Crippen molar-refractivity contribution in [2.45, 2.75) is 6.04 Å². The Labute approximate surface area is 143 Å². The second-order valence-corrected chi connectivity index (χ2v) is 6.63. The first-order chi connectivity index (χ1) is 11.6. The molecule has 3 rings (SSSR count). The molecule has 0 saturated carbocycles. The molecule has 1 atom stereocenters. The molecule has 0 aliphatic heterocycles. The number of nitrogens with one attached hydrogen (secondary N) is 2. The van der Waals surface area contributed by atoms with Crippen molar-refractivity contribution in [3.05, 3.63) is 68.8 Å². The predicted molar refractivity (Wildman–Crippen MR) is 97.6 cm³/mol. The highest BCUT2D eigenvalue weighted by atomic mass is 32.1. The van der Waals surface area contributed by atoms with Gasteiger partial charge < -0.3 is 15.2 Å². The normalized spacial score (nSPS) is 12.5. The van der Waals surface area contributed by atoms with Gasteiger partial charge in [0, 0.05) is 11.9 Å². The average Bonchev–Trinajstić information content (AvgIpc) is 3.08. The molecule has 0 aliphatic carbocycles. The molecule has 2 N–H and O–H groups in total. The van der Waals surface area contributed by atoms with Crippen molar-refractivity contribution in [1.82, 2.24) is 15.2 Å². The summed E-state index contributed by atoms with van der Waals surface area (Å²) in [5, 5.41) is 8.35. The van der Waals surface area contributed by atoms with Crippen LogP contribution in [0, 0.1) is 0 Å². The number of hydrogen-bond acceptors (Lipinski definition) is 4. The number of fused-ring (bicyclic) bond motifs is 1. The second kappa shape index (κ2) is 6.98. The number of aromatic amines is 1. The van der Waals surface area contributed by atoms with Gasteiger partial charge in [0.2, 0.25) is 0 Å². The fraction of sp³-hybridized carbons (Fsp3) is 0.222. The molecule has 0 saturated heterocycles. The van der Waals surface area contributed by atoms with Crippen molar-refractivity contribution < 1.29 is 4.79 Å². The zero-order valence-electron chi connectivity index (χ0n) is 13.6. The highest BCUT2D eigenvalue weighted by molar-refractivity contribution is 7.07. The van der Waals surface area contributed by atoms with Crippen molar-refractivity contribution in [3.8, 4) is 0 Å². The predicted octanol–water partition coefficient (Wildman–Crippen LogP) is 2.62. The van der Waals surface area contributed by atoms with Crippen LogP contribution >= 0.6 is 11.3 Å². The Hall–Kier alpha value is -2.44. The molecule has 1 aromatic carbocycles. The van der Waals surface area contributed by atoms with Crippen molar-refractivity contribution in [1.29, 1.82) is 0 Å². The van der Waals surface area contributed by atoms with E-state index in [4.69, 9.17) is 0 Å². The average molecular weight is 341 g/mol. The number of hydrogen-bond donors (Lipinski definition) is 2. The van der Waals surface area contributed by atoms with E-state index in [0.717, 1.165) is 10.9 Å². The summed E-state index contributed by atoms with van der Waals surface area (Å²) in [7, 11) is 3.96. The number of carbonyl (C=O) groups excluding carboxylic acids is 1. The Balaban J connectivity index is 1.79. The molecule has 24 heavy (non-hydrogen) atoms. The fourth-order valence-corrected chi connectivity index (χ4v) is 3.39. The van der Waals surface area contributed by atoms with E-state index in [0.29, 0.717) is 11.9 Å². The van der Waals surface area contributed by atoms with E-state index in [2.05, 4.69) is 26.6 Å². The molecule has 2 heterocycles. The summed E-state index contributed by atoms with van der Waals surface area (Å²) >= 11 is 1.63. The molecule has 0 fully saturated rings. The molecule has 6 heteroatoms. The van der Waals surface area contributed by atoms with Crippen LogP contribution < -0.4 is 10.9 Å². The maximum absolute atomic E-state index is 12.4. The van der Waals surface area contributed by atoms with Gasteiger partial charge in [-0.05, 0) is 54.0 Å². The Morgan fingerprint density at radius 1 is 1.29 bits per heavy atom. The van der Waals surface area contributed by atoms with E-state index in [1.807, 2.05) is 31.6 Å². The minimum absolute atomic E-state index is 0.0902. The third kappa shape index (κ3) is 3.39. The number of amides is 1. The van der Waals surface area contributed by atoms with Crippen LogP contribution in [0.5, 0.6) is 0 Å². The van der Waals surface area contributed by atoms with E-state index in [1.165, 1.54) is 0 Å². The topological polar surface area (TPSA) is 65.2 Å². The van der Waals surface area contributed by atoms with Gasteiger partial charge in [0.25, 0.3) is 11.5 Å². The van der Waals surface area contributed by atoms with E-state index >= 15 is 0 Å². The zero-order valence-corrected chi connectivity index (χ0v) is 14.4. The van der Waals surface area contributed by atoms with Gasteiger partial charge >= 0.3 is 0 Å². The van der Waals surface area contributed by atoms with Gasteiger partial charge in [-0.15, -0.1) is 0 Å². The van der Waals surface area contributed by atoms with Crippen LogP contribution in [-0.4, -0.2) is 36.4 Å². The maximum Gasteiger partial charge on any atom is 0.267 e. The van der Waals surface area contributed by atoms with Gasteiger partial charge in [-0.25, -0.2) is 0 Å². The number of carbonyl (C=O) groups is 1. The molecule has 3 aromatic rings. The van der Waals surface area contributed by atoms with Gasteiger partial charge in [0.1, 0.15) is 5.69 Å². The molecule has 0 aliphatic rings. The van der Waals surface area contributed by atoms with E-state index in [9.17, 15) is 9.59 Å². The van der Waals surface area contributed by atoms with Crippen LogP contribution in [0.25, 0.3) is 10.8 Å². The molecule has 2 aromatic heterocycles. The SMILES string of the molecule is CN(C)C(CNC(=O)c1cc2ccccc2c(=O)[nH]1)c1ccsc1. The smallest absolute Gasteiger partial charge is 0.267 e. The third-order valence-corrected chi connectivity index (χ3v) is 4.71. The van der Waals surface area contributed by atoms with E-state index in [1.54, 1.807) is 29.5 Å². The number of aromatic nitrogens is 1. The number of nitrogens with zero attached hydrogens (tertiary/aromatic N) is 1. The standard InChI is InChI=1S/C18H19N3O2S/c1-21(2)16(13-7-8-24-11-13)10-19-18(23)15-9-12-5-3-4-6-14(12)17(22)20-15/h3-9,11,16H,10H2,1-2H3,(H,19,23)(H,20,22). The molecule has 1 amide bonds. The molecule has 5 nitrogen and oxygen atoms in total. The summed E-state index contributed by atoms with van der Waals surface area (Å²) in [5.74, 6) is -0.278. The lowest BCUT2D eigenvalue weighted by atomic mass is 10.1. The quantitative estimate of drug-likeness (QED) is 0.750. The zero-order chi connectivity index (χ0) is 17.1. The summed E-state index contributed by atoms with van der Waals surface area (Å²) in [6.07, 6.45) is 0. The molecular formula is C18H19N3O2S. The number of benzene rings is 1. The summed E-state index contributed by atoms with van der Waals surface area (Å²) < 4.78 is 0. The molecular weight excluding hydrogens is 322 g/mol. The third-order valence-electron chi connectivity index (χ3n) is 4.01. The monoisotopic (exact) mass is 341 g/mol.